The van der Waals surface area contributed by atoms with Gasteiger partial charge in [0.15, 0.2) is 0 Å². The summed E-state index contributed by atoms with van der Waals surface area (Å²) < 4.78 is 38.7. The van der Waals surface area contributed by atoms with Crippen LogP contribution in [0.1, 0.15) is 12.7 Å². The first kappa shape index (κ1) is 18.2. The molecule has 24 heavy (non-hydrogen) atoms. The number of amides is 2. The van der Waals surface area contributed by atoms with Crippen molar-refractivity contribution < 1.29 is 18.0 Å². The lowest BCUT2D eigenvalue weighted by molar-refractivity contribution is -0.0328. The lowest BCUT2D eigenvalue weighted by Crippen LogP contribution is -2.31. The molecular formula is C15H17F3N4OS. The van der Waals surface area contributed by atoms with E-state index in [1.165, 1.54) is 24.3 Å². The molecule has 0 radical (unpaired) electrons. The fourth-order valence-corrected chi connectivity index (χ4v) is 2.60. The fraction of sp³-hybridized carbons (Fsp3) is 0.333. The standard InChI is InChI=1S/C15H17F3N4OS/c1-2-13-19-7-9-22(13)10-8-20-14(23)21-11-3-5-12(6-4-11)24-15(16,17)18/h3-7,9H,2,8,10H2,1H3,(H2,20,21,23). The van der Waals surface area contributed by atoms with Gasteiger partial charge >= 0.3 is 11.5 Å². The maximum absolute atomic E-state index is 12.2. The molecule has 1 aromatic heterocycles. The van der Waals surface area contributed by atoms with E-state index in [2.05, 4.69) is 15.6 Å². The molecule has 2 aromatic rings. The average molecular weight is 358 g/mol. The van der Waals surface area contributed by atoms with Crippen LogP contribution in [-0.4, -0.2) is 27.6 Å². The van der Waals surface area contributed by atoms with Crippen LogP contribution in [-0.2, 0) is 13.0 Å². The number of carbonyl (C=O) groups excluding carboxylic acids is 1. The number of aryl methyl sites for hydroxylation is 1. The Hall–Kier alpha value is -2.16. The Morgan fingerprint density at radius 2 is 2.00 bits per heavy atom. The maximum atomic E-state index is 12.2. The molecule has 2 amide bonds. The topological polar surface area (TPSA) is 59.0 Å². The van der Waals surface area contributed by atoms with E-state index in [9.17, 15) is 18.0 Å². The highest BCUT2D eigenvalue weighted by Crippen LogP contribution is 2.36. The number of carbonyl (C=O) groups is 1. The molecule has 0 saturated carbocycles. The molecule has 0 aliphatic rings. The number of thioether (sulfide) groups is 1. The van der Waals surface area contributed by atoms with Crippen LogP contribution in [0.4, 0.5) is 23.7 Å². The molecule has 2 N–H and O–H groups in total. The Labute approximate surface area is 141 Å². The summed E-state index contributed by atoms with van der Waals surface area (Å²) in [5, 5.41) is 5.26. The second kappa shape index (κ2) is 8.09. The third-order valence-corrected chi connectivity index (χ3v) is 3.84. The molecule has 5 nitrogen and oxygen atoms in total. The zero-order valence-electron chi connectivity index (χ0n) is 12.9. The first-order valence-electron chi connectivity index (χ1n) is 7.28. The quantitative estimate of drug-likeness (QED) is 0.771. The number of halogens is 3. The van der Waals surface area contributed by atoms with Crippen molar-refractivity contribution in [3.8, 4) is 0 Å². The summed E-state index contributed by atoms with van der Waals surface area (Å²) >= 11 is -0.193. The van der Waals surface area contributed by atoms with Crippen molar-refractivity contribution in [3.05, 3.63) is 42.5 Å². The number of nitrogens with one attached hydrogen (secondary N) is 2. The minimum absolute atomic E-state index is 0.0701. The number of hydrogen-bond donors (Lipinski definition) is 2. The summed E-state index contributed by atoms with van der Waals surface area (Å²) in [7, 11) is 0. The van der Waals surface area contributed by atoms with Crippen LogP contribution in [0.5, 0.6) is 0 Å². The zero-order valence-corrected chi connectivity index (χ0v) is 13.7. The van der Waals surface area contributed by atoms with Gasteiger partial charge in [-0.05, 0) is 36.0 Å². The molecule has 0 spiro atoms. The Bertz CT molecular complexity index is 670. The second-order valence-corrected chi connectivity index (χ2v) is 5.98. The first-order chi connectivity index (χ1) is 11.4. The van der Waals surface area contributed by atoms with Gasteiger partial charge in [0.1, 0.15) is 5.82 Å². The van der Waals surface area contributed by atoms with Gasteiger partial charge in [-0.25, -0.2) is 9.78 Å². The SMILES string of the molecule is CCc1nccn1CCNC(=O)Nc1ccc(SC(F)(F)F)cc1. The Morgan fingerprint density at radius 1 is 1.29 bits per heavy atom. The van der Waals surface area contributed by atoms with Crippen molar-refractivity contribution in [2.75, 3.05) is 11.9 Å². The van der Waals surface area contributed by atoms with Gasteiger partial charge in [-0.2, -0.15) is 13.2 Å². The van der Waals surface area contributed by atoms with Crippen LogP contribution in [0.2, 0.25) is 0 Å². The summed E-state index contributed by atoms with van der Waals surface area (Å²) in [6.07, 6.45) is 4.36. The second-order valence-electron chi connectivity index (χ2n) is 4.84. The summed E-state index contributed by atoms with van der Waals surface area (Å²) in [5.74, 6) is 0.940. The van der Waals surface area contributed by atoms with Gasteiger partial charge in [-0.1, -0.05) is 6.92 Å². The van der Waals surface area contributed by atoms with Gasteiger partial charge in [-0.3, -0.25) is 0 Å². The lowest BCUT2D eigenvalue weighted by atomic mass is 10.3. The number of anilines is 1. The normalized spacial score (nSPS) is 11.3. The van der Waals surface area contributed by atoms with Crippen LogP contribution < -0.4 is 10.6 Å². The number of hydrogen-bond acceptors (Lipinski definition) is 3. The van der Waals surface area contributed by atoms with E-state index in [0.29, 0.717) is 18.8 Å². The molecule has 0 unspecified atom stereocenters. The highest BCUT2D eigenvalue weighted by Gasteiger charge is 2.28. The Balaban J connectivity index is 1.78. The monoisotopic (exact) mass is 358 g/mol. The van der Waals surface area contributed by atoms with E-state index in [4.69, 9.17) is 0 Å². The maximum Gasteiger partial charge on any atom is 0.446 e. The van der Waals surface area contributed by atoms with E-state index in [0.717, 1.165) is 12.2 Å². The predicted octanol–water partition coefficient (Wildman–Crippen LogP) is 3.88. The number of benzene rings is 1. The number of aromatic nitrogens is 2. The van der Waals surface area contributed by atoms with Gasteiger partial charge in [0.25, 0.3) is 0 Å². The van der Waals surface area contributed by atoms with Crippen molar-refractivity contribution in [1.29, 1.82) is 0 Å². The zero-order chi connectivity index (χ0) is 17.6. The number of nitrogens with zero attached hydrogens (tertiary/aromatic N) is 2. The van der Waals surface area contributed by atoms with E-state index >= 15 is 0 Å². The summed E-state index contributed by atoms with van der Waals surface area (Å²) in [6, 6.07) is 5.07. The molecule has 0 atom stereocenters. The van der Waals surface area contributed by atoms with Crippen molar-refractivity contribution in [2.24, 2.45) is 0 Å². The molecule has 9 heteroatoms. The van der Waals surface area contributed by atoms with Crippen molar-refractivity contribution >= 4 is 23.5 Å². The van der Waals surface area contributed by atoms with Crippen LogP contribution in [0.25, 0.3) is 0 Å². The van der Waals surface area contributed by atoms with E-state index < -0.39 is 11.5 Å². The molecule has 0 bridgehead atoms. The number of imidazole rings is 1. The average Bonchev–Trinajstić information content (AvgIpc) is 2.95. The fourth-order valence-electron chi connectivity index (χ4n) is 2.06. The van der Waals surface area contributed by atoms with Gasteiger partial charge < -0.3 is 15.2 Å². The smallest absolute Gasteiger partial charge is 0.336 e. The Kier molecular flexibility index (Phi) is 6.13. The Morgan fingerprint density at radius 3 is 2.62 bits per heavy atom. The largest absolute Gasteiger partial charge is 0.446 e. The molecule has 130 valence electrons. The van der Waals surface area contributed by atoms with Crippen molar-refractivity contribution in [2.45, 2.75) is 30.3 Å². The summed E-state index contributed by atoms with van der Waals surface area (Å²) in [5.41, 5.74) is -3.90. The van der Waals surface area contributed by atoms with Crippen molar-refractivity contribution in [1.82, 2.24) is 14.9 Å². The summed E-state index contributed by atoms with van der Waals surface area (Å²) in [6.45, 7) is 3.01. The number of alkyl halides is 3. The molecule has 0 aliphatic heterocycles. The molecule has 1 aromatic carbocycles. The van der Waals surface area contributed by atoms with Crippen molar-refractivity contribution in [3.63, 3.8) is 0 Å². The highest BCUT2D eigenvalue weighted by atomic mass is 32.2. The van der Waals surface area contributed by atoms with Crippen LogP contribution >= 0.6 is 11.8 Å². The molecular weight excluding hydrogens is 341 g/mol. The molecule has 0 fully saturated rings. The number of rotatable bonds is 6. The van der Waals surface area contributed by atoms with E-state index in [1.807, 2.05) is 17.7 Å². The van der Waals surface area contributed by atoms with Crippen LogP contribution in [0, 0.1) is 0 Å². The van der Waals surface area contributed by atoms with E-state index in [-0.39, 0.29) is 16.7 Å². The number of urea groups is 1. The third kappa shape index (κ3) is 5.80. The van der Waals surface area contributed by atoms with Gasteiger partial charge in [-0.15, -0.1) is 0 Å². The molecule has 2 rings (SSSR count). The lowest BCUT2D eigenvalue weighted by Gasteiger charge is -2.10. The summed E-state index contributed by atoms with van der Waals surface area (Å²) in [4.78, 5) is 16.0. The third-order valence-electron chi connectivity index (χ3n) is 3.10. The van der Waals surface area contributed by atoms with Gasteiger partial charge in [0.2, 0.25) is 0 Å². The van der Waals surface area contributed by atoms with Gasteiger partial charge in [0, 0.05) is 42.5 Å². The van der Waals surface area contributed by atoms with E-state index in [1.54, 1.807) is 6.20 Å². The molecule has 0 aliphatic carbocycles. The molecule has 0 saturated heterocycles. The van der Waals surface area contributed by atoms with Gasteiger partial charge in [0.05, 0.1) is 0 Å². The van der Waals surface area contributed by atoms with Crippen LogP contribution in [0.15, 0.2) is 41.6 Å². The molecule has 1 heterocycles. The highest BCUT2D eigenvalue weighted by molar-refractivity contribution is 8.00. The minimum Gasteiger partial charge on any atom is -0.336 e. The predicted molar refractivity (Wildman–Crippen MR) is 87.0 cm³/mol. The first-order valence-corrected chi connectivity index (χ1v) is 8.09. The van der Waals surface area contributed by atoms with Crippen LogP contribution in [0.3, 0.4) is 0 Å². The minimum atomic E-state index is -4.32.